The lowest BCUT2D eigenvalue weighted by atomic mass is 10.0. The Morgan fingerprint density at radius 3 is 2.50 bits per heavy atom. The van der Waals surface area contributed by atoms with Gasteiger partial charge in [-0.1, -0.05) is 67.1 Å². The standard InChI is InChI=1S/C34H39N8O7PS2/c1-3-22(2)33(49-50(48)20-30(43)38-18-23-9-5-4-6-10-23)41-32(45)28(17-25-19-36-21-39-25)40-31(44)27(35)16-24-11-7-12-26(15-24)51-52-34-29(42(46)47)13-8-14-37-34/h4-15,19-22,27-28,33H,3,16-18,35H2,1-2H3,(H,36,39)(H,38,43)(H,40,44)(H,41,45)/t22?,27-,28?,33?/m0/s1. The average Bonchev–Trinajstić information content (AvgIpc) is 3.66. The predicted molar refractivity (Wildman–Crippen MR) is 199 cm³/mol. The van der Waals surface area contributed by atoms with Crippen LogP contribution in [0.15, 0.2) is 95.4 Å². The number of nitro groups is 1. The molecular weight excluding hydrogens is 728 g/mol. The summed E-state index contributed by atoms with van der Waals surface area (Å²) in [6.45, 7) is 3.90. The molecule has 2 heterocycles. The first-order valence-electron chi connectivity index (χ1n) is 16.2. The molecule has 3 amide bonds. The van der Waals surface area contributed by atoms with Crippen molar-refractivity contribution >= 4 is 58.8 Å². The first-order chi connectivity index (χ1) is 25.0. The van der Waals surface area contributed by atoms with E-state index in [1.807, 2.05) is 49.4 Å². The van der Waals surface area contributed by atoms with Gasteiger partial charge in [0.2, 0.25) is 25.6 Å². The molecule has 52 heavy (non-hydrogen) atoms. The van der Waals surface area contributed by atoms with Crippen LogP contribution >= 0.6 is 29.6 Å². The third-order valence-electron chi connectivity index (χ3n) is 7.65. The van der Waals surface area contributed by atoms with Crippen LogP contribution in [0, 0.1) is 16.0 Å². The minimum atomic E-state index is -2.61. The number of benzene rings is 2. The number of carbonyl (C=O) groups is 3. The van der Waals surface area contributed by atoms with Crippen LogP contribution in [0.1, 0.15) is 37.1 Å². The number of H-pyrrole nitrogens is 1. The van der Waals surface area contributed by atoms with E-state index >= 15 is 0 Å². The molecule has 4 unspecified atom stereocenters. The molecular formula is C34H39N8O7PS2. The van der Waals surface area contributed by atoms with Gasteiger partial charge in [-0.15, -0.1) is 0 Å². The number of pyridine rings is 1. The number of nitrogens with two attached hydrogens (primary N) is 1. The van der Waals surface area contributed by atoms with Gasteiger partial charge in [-0.2, -0.15) is 4.52 Å². The molecule has 6 N–H and O–H groups in total. The molecule has 18 heteroatoms. The summed E-state index contributed by atoms with van der Waals surface area (Å²) in [6, 6.07) is 17.2. The lowest BCUT2D eigenvalue weighted by Crippen LogP contribution is -2.55. The van der Waals surface area contributed by atoms with Crippen molar-refractivity contribution in [1.82, 2.24) is 30.9 Å². The zero-order valence-corrected chi connectivity index (χ0v) is 30.9. The van der Waals surface area contributed by atoms with Crippen molar-refractivity contribution in [3.8, 4) is 0 Å². The fourth-order valence-corrected chi connectivity index (χ4v) is 7.53. The van der Waals surface area contributed by atoms with E-state index in [2.05, 4.69) is 30.9 Å². The van der Waals surface area contributed by atoms with Gasteiger partial charge >= 0.3 is 5.69 Å². The lowest BCUT2D eigenvalue weighted by Gasteiger charge is -2.25. The van der Waals surface area contributed by atoms with Crippen LogP contribution in [0.25, 0.3) is 0 Å². The number of aromatic amines is 1. The zero-order chi connectivity index (χ0) is 37.5. The maximum atomic E-state index is 13.7. The maximum absolute atomic E-state index is 13.7. The van der Waals surface area contributed by atoms with Crippen molar-refractivity contribution in [2.75, 3.05) is 0 Å². The highest BCUT2D eigenvalue weighted by atomic mass is 33.1. The number of hydrogen-bond acceptors (Lipinski definition) is 12. The van der Waals surface area contributed by atoms with E-state index in [-0.39, 0.29) is 36.0 Å². The topological polar surface area (TPSA) is 230 Å². The first kappa shape index (κ1) is 40.1. The second-order valence-electron chi connectivity index (χ2n) is 11.6. The Hall–Kier alpha value is -4.64. The summed E-state index contributed by atoms with van der Waals surface area (Å²) < 4.78 is 5.65. The lowest BCUT2D eigenvalue weighted by molar-refractivity contribution is -0.388. The van der Waals surface area contributed by atoms with Crippen LogP contribution in [-0.2, 0) is 38.3 Å². The maximum Gasteiger partial charge on any atom is 0.302 e. The molecule has 5 atom stereocenters. The van der Waals surface area contributed by atoms with Gasteiger partial charge in [0, 0.05) is 42.2 Å². The number of imidazole rings is 1. The zero-order valence-electron chi connectivity index (χ0n) is 28.3. The van der Waals surface area contributed by atoms with Gasteiger partial charge in [0.05, 0.1) is 23.0 Å². The van der Waals surface area contributed by atoms with Gasteiger partial charge in [-0.25, -0.2) is 9.97 Å². The molecule has 4 rings (SSSR count). The molecule has 2 aromatic heterocycles. The number of amides is 3. The Labute approximate surface area is 309 Å². The first-order valence-corrected chi connectivity index (χ1v) is 19.6. The summed E-state index contributed by atoms with van der Waals surface area (Å²) in [6.07, 6.45) is 4.17. The molecule has 0 bridgehead atoms. The van der Waals surface area contributed by atoms with Gasteiger partial charge < -0.3 is 31.6 Å². The number of nitrogens with zero attached hydrogens (tertiary/aromatic N) is 3. The largest absolute Gasteiger partial charge is 0.603 e. The third-order valence-corrected chi connectivity index (χ3v) is 10.8. The molecule has 0 fully saturated rings. The number of rotatable bonds is 19. The van der Waals surface area contributed by atoms with Crippen LogP contribution in [0.5, 0.6) is 0 Å². The Bertz CT molecular complexity index is 1840. The van der Waals surface area contributed by atoms with Gasteiger partial charge in [0.25, 0.3) is 5.91 Å². The molecule has 0 spiro atoms. The SMILES string of the molecule is CCC(C)C(NC(=O)C(Cc1c[nH]cn1)NC(=O)[C@@H](N)Cc1cccc(SSc2ncccc2[N+](=O)[O-])c1)O/[P+]([O-])=C/C(=O)NCc1ccccc1. The van der Waals surface area contributed by atoms with Crippen LogP contribution < -0.4 is 26.6 Å². The number of carbonyl (C=O) groups excluding carboxylic acids is 3. The number of hydrogen-bond donors (Lipinski definition) is 5. The van der Waals surface area contributed by atoms with E-state index in [0.717, 1.165) is 32.6 Å². The highest BCUT2D eigenvalue weighted by Crippen LogP contribution is 2.40. The van der Waals surface area contributed by atoms with Crippen LogP contribution in [0.2, 0.25) is 0 Å². The number of aromatic nitrogens is 3. The molecule has 0 aliphatic heterocycles. The molecule has 0 saturated carbocycles. The summed E-state index contributed by atoms with van der Waals surface area (Å²) in [5, 5.41) is 19.7. The predicted octanol–water partition coefficient (Wildman–Crippen LogP) is 3.41. The van der Waals surface area contributed by atoms with E-state index in [1.165, 1.54) is 35.5 Å². The van der Waals surface area contributed by atoms with Crippen molar-refractivity contribution in [3.63, 3.8) is 0 Å². The van der Waals surface area contributed by atoms with E-state index in [4.69, 9.17) is 10.3 Å². The average molecular weight is 767 g/mol. The van der Waals surface area contributed by atoms with E-state index in [1.54, 1.807) is 25.3 Å². The quantitative estimate of drug-likeness (QED) is 0.0304. The summed E-state index contributed by atoms with van der Waals surface area (Å²) in [7, 11) is -0.191. The van der Waals surface area contributed by atoms with E-state index in [0.29, 0.717) is 12.1 Å². The molecule has 15 nitrogen and oxygen atoms in total. The monoisotopic (exact) mass is 766 g/mol. The molecule has 0 radical (unpaired) electrons. The number of nitrogens with one attached hydrogen (secondary N) is 4. The molecule has 2 aromatic carbocycles. The second kappa shape index (κ2) is 20.4. The Morgan fingerprint density at radius 2 is 1.79 bits per heavy atom. The summed E-state index contributed by atoms with van der Waals surface area (Å²) in [5.41, 5.74) is 8.32. The van der Waals surface area contributed by atoms with Crippen molar-refractivity contribution in [3.05, 3.63) is 112 Å². The van der Waals surface area contributed by atoms with Crippen LogP contribution in [-0.4, -0.2) is 61.7 Å². The molecule has 274 valence electrons. The van der Waals surface area contributed by atoms with E-state index in [9.17, 15) is 29.4 Å². The van der Waals surface area contributed by atoms with Gasteiger partial charge in [0.1, 0.15) is 6.04 Å². The smallest absolute Gasteiger partial charge is 0.302 e. The normalized spacial score (nSPS) is 13.7. The molecule has 4 aromatic rings. The van der Waals surface area contributed by atoms with Crippen molar-refractivity contribution in [2.24, 2.45) is 11.7 Å². The van der Waals surface area contributed by atoms with Crippen LogP contribution in [0.4, 0.5) is 5.69 Å². The Balaban J connectivity index is 1.39. The Morgan fingerprint density at radius 1 is 1.02 bits per heavy atom. The minimum Gasteiger partial charge on any atom is -0.603 e. The highest BCUT2D eigenvalue weighted by molar-refractivity contribution is 8.76. The van der Waals surface area contributed by atoms with Gasteiger partial charge in [0.15, 0.2) is 11.3 Å². The minimum absolute atomic E-state index is 0.0180. The summed E-state index contributed by atoms with van der Waals surface area (Å²) in [4.78, 5) is 75.0. The molecule has 0 aliphatic carbocycles. The fraction of sp³-hybridized carbons (Fsp3) is 0.294. The fourth-order valence-electron chi connectivity index (χ4n) is 4.64. The van der Waals surface area contributed by atoms with Gasteiger partial charge in [-0.05, 0) is 53.0 Å². The van der Waals surface area contributed by atoms with Gasteiger partial charge in [-0.3, -0.25) is 24.5 Å². The highest BCUT2D eigenvalue weighted by Gasteiger charge is 2.30. The van der Waals surface area contributed by atoms with Crippen molar-refractivity contribution in [1.29, 1.82) is 0 Å². The molecule has 0 aliphatic rings. The van der Waals surface area contributed by atoms with E-state index < -0.39 is 49.0 Å². The molecule has 0 saturated heterocycles. The summed E-state index contributed by atoms with van der Waals surface area (Å²) in [5.74, 6) is -1.18. The Kier molecular flexibility index (Phi) is 15.8. The third kappa shape index (κ3) is 12.8. The summed E-state index contributed by atoms with van der Waals surface area (Å²) >= 11 is 0. The van der Waals surface area contributed by atoms with Crippen molar-refractivity contribution in [2.45, 2.75) is 67.9 Å². The van der Waals surface area contributed by atoms with Crippen molar-refractivity contribution < 1.29 is 28.7 Å². The van der Waals surface area contributed by atoms with Crippen LogP contribution in [0.3, 0.4) is 0 Å². The second-order valence-corrected chi connectivity index (χ2v) is 14.8.